The van der Waals surface area contributed by atoms with E-state index in [1.165, 1.54) is 0 Å². The summed E-state index contributed by atoms with van der Waals surface area (Å²) in [6.45, 7) is 0. The first-order valence-corrected chi connectivity index (χ1v) is 6.34. The van der Waals surface area contributed by atoms with Gasteiger partial charge in [-0.3, -0.25) is 19.2 Å². The maximum atomic E-state index is 10.3. The van der Waals surface area contributed by atoms with Gasteiger partial charge in [-0.1, -0.05) is 0 Å². The first kappa shape index (κ1) is 69.8. The van der Waals surface area contributed by atoms with E-state index in [2.05, 4.69) is 0 Å². The van der Waals surface area contributed by atoms with Crippen LogP contribution in [-0.4, -0.2) is 121 Å². The number of carboxylic acid groups (broad SMARTS) is 6. The number of aliphatic hydroxyl groups is 2. The summed E-state index contributed by atoms with van der Waals surface area (Å²) >= 11 is 0. The molecule has 0 fully saturated rings. The van der Waals surface area contributed by atoms with Crippen molar-refractivity contribution < 1.29 is 153 Å². The Bertz CT molecular complexity index is 526. The summed E-state index contributed by atoms with van der Waals surface area (Å²) in [4.78, 5) is 61.0. The quantitative estimate of drug-likeness (QED) is 0.107. The SMILES string of the molecule is O.O.O.O.O.O.O=C(O)CC(O)(CC(=O)O)C(=O)O.O=C(O)CC(O)(CC(=O)O)C(=O)O.[Co].[Co].[Co]. The molecule has 0 rings (SSSR count). The standard InChI is InChI=1S/2C6H8O7.3Co.6H2O/c2*7-3(8)1-6(13,5(11)12)2-4(9)10;;;;;;;;;/h2*13H,1-2H2,(H,7,8)(H,9,10)(H,11,12);;;;6*1H2. The monoisotopic (exact) mass is 669 g/mol. The Labute approximate surface area is 225 Å². The smallest absolute Gasteiger partial charge is 0.336 e. The van der Waals surface area contributed by atoms with Crippen molar-refractivity contribution in [2.75, 3.05) is 0 Å². The summed E-state index contributed by atoms with van der Waals surface area (Å²) in [5.74, 6) is -10.0. The maximum Gasteiger partial charge on any atom is 0.336 e. The summed E-state index contributed by atoms with van der Waals surface area (Å²) in [5.41, 5.74) is -5.48. The van der Waals surface area contributed by atoms with Crippen molar-refractivity contribution in [3.05, 3.63) is 0 Å². The zero-order chi connectivity index (χ0) is 21.3. The second-order valence-electron chi connectivity index (χ2n) is 4.96. The van der Waals surface area contributed by atoms with Gasteiger partial charge in [0.15, 0.2) is 11.2 Å². The fourth-order valence-corrected chi connectivity index (χ4v) is 1.43. The van der Waals surface area contributed by atoms with Gasteiger partial charge < -0.3 is 73.7 Å². The van der Waals surface area contributed by atoms with Crippen molar-refractivity contribution in [1.29, 1.82) is 0 Å². The Morgan fingerprint density at radius 3 is 0.571 bits per heavy atom. The van der Waals surface area contributed by atoms with Crippen molar-refractivity contribution in [3.8, 4) is 0 Å². The van der Waals surface area contributed by atoms with Gasteiger partial charge in [-0.2, -0.15) is 0 Å². The van der Waals surface area contributed by atoms with Gasteiger partial charge in [0.25, 0.3) is 0 Å². The van der Waals surface area contributed by atoms with Crippen molar-refractivity contribution in [3.63, 3.8) is 0 Å². The van der Waals surface area contributed by atoms with Gasteiger partial charge in [0.05, 0.1) is 25.7 Å². The minimum Gasteiger partial charge on any atom is -0.481 e. The van der Waals surface area contributed by atoms with Crippen LogP contribution < -0.4 is 0 Å². The van der Waals surface area contributed by atoms with Gasteiger partial charge in [-0.15, -0.1) is 0 Å². The second-order valence-corrected chi connectivity index (χ2v) is 4.96. The number of rotatable bonds is 10. The number of hydrogen-bond acceptors (Lipinski definition) is 8. The molecule has 0 aromatic heterocycles. The van der Waals surface area contributed by atoms with Gasteiger partial charge >= 0.3 is 35.8 Å². The summed E-state index contributed by atoms with van der Waals surface area (Å²) < 4.78 is 0. The van der Waals surface area contributed by atoms with Crippen LogP contribution in [0.25, 0.3) is 0 Å². The molecule has 0 unspecified atom stereocenters. The van der Waals surface area contributed by atoms with Gasteiger partial charge in [-0.25, -0.2) is 9.59 Å². The molecular weight excluding hydrogens is 641 g/mol. The average Bonchev–Trinajstić information content (AvgIpc) is 2.34. The van der Waals surface area contributed by atoms with Crippen LogP contribution in [0.2, 0.25) is 0 Å². The molecule has 0 bridgehead atoms. The van der Waals surface area contributed by atoms with Crippen LogP contribution in [0.4, 0.5) is 0 Å². The van der Waals surface area contributed by atoms with Crippen LogP contribution in [0, 0.1) is 0 Å². The molecule has 0 spiro atoms. The molecule has 0 atom stereocenters. The third-order valence-electron chi connectivity index (χ3n) is 2.57. The number of hydrogen-bond donors (Lipinski definition) is 8. The largest absolute Gasteiger partial charge is 0.481 e. The molecule has 0 amide bonds. The molecule has 23 heteroatoms. The van der Waals surface area contributed by atoms with E-state index >= 15 is 0 Å². The topological polar surface area (TPSA) is 453 Å². The van der Waals surface area contributed by atoms with E-state index in [4.69, 9.17) is 40.9 Å². The molecule has 20 nitrogen and oxygen atoms in total. The van der Waals surface area contributed by atoms with Crippen LogP contribution in [-0.2, 0) is 79.1 Å². The van der Waals surface area contributed by atoms with Crippen LogP contribution >= 0.6 is 0 Å². The van der Waals surface area contributed by atoms with Crippen LogP contribution in [0.1, 0.15) is 25.7 Å². The Morgan fingerprint density at radius 2 is 0.514 bits per heavy atom. The molecule has 0 aliphatic rings. The molecule has 35 heavy (non-hydrogen) atoms. The van der Waals surface area contributed by atoms with E-state index in [1.54, 1.807) is 0 Å². The van der Waals surface area contributed by atoms with E-state index in [0.29, 0.717) is 0 Å². The van der Waals surface area contributed by atoms with Crippen molar-refractivity contribution >= 4 is 35.8 Å². The molecule has 0 aliphatic heterocycles. The van der Waals surface area contributed by atoms with Gasteiger partial charge in [0, 0.05) is 50.3 Å². The number of aliphatic carboxylic acids is 6. The Hall–Kier alpha value is -1.98. The minimum absolute atomic E-state index is 0. The van der Waals surface area contributed by atoms with E-state index in [0.717, 1.165) is 0 Å². The Morgan fingerprint density at radius 1 is 0.400 bits per heavy atom. The summed E-state index contributed by atoms with van der Waals surface area (Å²) in [7, 11) is 0. The Balaban J connectivity index is -0.0000000291. The number of carboxylic acids is 6. The summed E-state index contributed by atoms with van der Waals surface area (Å²) in [5, 5.41) is 67.6. The summed E-state index contributed by atoms with van der Waals surface area (Å²) in [6.07, 6.45) is -4.58. The molecule has 0 aromatic carbocycles. The zero-order valence-electron chi connectivity index (χ0n) is 16.9. The molecule has 223 valence electrons. The molecule has 0 aliphatic carbocycles. The van der Waals surface area contributed by atoms with Gasteiger partial charge in [0.2, 0.25) is 0 Å². The van der Waals surface area contributed by atoms with E-state index in [9.17, 15) is 28.8 Å². The van der Waals surface area contributed by atoms with Crippen LogP contribution in [0.15, 0.2) is 0 Å². The predicted molar refractivity (Wildman–Crippen MR) is 95.9 cm³/mol. The maximum absolute atomic E-state index is 10.3. The molecule has 0 saturated heterocycles. The van der Waals surface area contributed by atoms with Crippen molar-refractivity contribution in [1.82, 2.24) is 0 Å². The number of carbonyl (C=O) groups is 6. The van der Waals surface area contributed by atoms with E-state index in [-0.39, 0.29) is 83.2 Å². The third-order valence-corrected chi connectivity index (χ3v) is 2.57. The fraction of sp³-hybridized carbons (Fsp3) is 0.500. The molecule has 0 saturated carbocycles. The second kappa shape index (κ2) is 30.1. The molecule has 0 heterocycles. The molecule has 3 radical (unpaired) electrons. The normalized spacial score (nSPS) is 8.06. The molecule has 0 aromatic rings. The van der Waals surface area contributed by atoms with Crippen LogP contribution in [0.3, 0.4) is 0 Å². The van der Waals surface area contributed by atoms with Gasteiger partial charge in [-0.05, 0) is 0 Å². The minimum atomic E-state index is -2.74. The van der Waals surface area contributed by atoms with Crippen molar-refractivity contribution in [2.24, 2.45) is 0 Å². The van der Waals surface area contributed by atoms with Crippen LogP contribution in [0.5, 0.6) is 0 Å². The van der Waals surface area contributed by atoms with E-state index < -0.39 is 72.7 Å². The molecular formula is C12H28Co3O20. The molecule has 20 N–H and O–H groups in total. The third kappa shape index (κ3) is 32.0. The Kier molecular flexibility index (Phi) is 59.9. The first-order valence-electron chi connectivity index (χ1n) is 6.34. The first-order chi connectivity index (χ1) is 11.6. The van der Waals surface area contributed by atoms with Gasteiger partial charge in [0.1, 0.15) is 0 Å². The average molecular weight is 669 g/mol. The fourth-order valence-electron chi connectivity index (χ4n) is 1.43. The van der Waals surface area contributed by atoms with E-state index in [1.807, 2.05) is 0 Å². The summed E-state index contributed by atoms with van der Waals surface area (Å²) in [6, 6.07) is 0. The van der Waals surface area contributed by atoms with Crippen molar-refractivity contribution in [2.45, 2.75) is 36.9 Å². The predicted octanol–water partition coefficient (Wildman–Crippen LogP) is -7.45. The zero-order valence-corrected chi connectivity index (χ0v) is 20.0.